The molecule has 6 heteroatoms. The highest BCUT2D eigenvalue weighted by Gasteiger charge is 2.16. The molecule has 3 aromatic rings. The van der Waals surface area contributed by atoms with Crippen molar-refractivity contribution in [2.24, 2.45) is 0 Å². The van der Waals surface area contributed by atoms with Crippen molar-refractivity contribution in [1.82, 2.24) is 14.9 Å². The van der Waals surface area contributed by atoms with Gasteiger partial charge in [0, 0.05) is 36.2 Å². The third kappa shape index (κ3) is 3.40. The lowest BCUT2D eigenvalue weighted by Crippen LogP contribution is -2.27. The monoisotopic (exact) mass is 367 g/mol. The third-order valence-electron chi connectivity index (χ3n) is 4.83. The number of carbonyl (C=O) groups is 1. The summed E-state index contributed by atoms with van der Waals surface area (Å²) < 4.78 is 2.31. The highest BCUT2D eigenvalue weighted by atomic mass is 16.4. The number of hydrogen-bond donors (Lipinski definition) is 3. The van der Waals surface area contributed by atoms with Crippen molar-refractivity contribution in [2.45, 2.75) is 40.3 Å². The number of benzene rings is 1. The molecule has 0 unspecified atom stereocenters. The van der Waals surface area contributed by atoms with Gasteiger partial charge in [-0.25, -0.2) is 4.79 Å². The number of hydrogen-bond acceptors (Lipinski definition) is 3. The molecule has 0 saturated heterocycles. The molecule has 0 spiro atoms. The molecule has 142 valence electrons. The van der Waals surface area contributed by atoms with Crippen molar-refractivity contribution >= 4 is 16.9 Å². The van der Waals surface area contributed by atoms with Crippen LogP contribution in [-0.2, 0) is 19.5 Å². The highest BCUT2D eigenvalue weighted by molar-refractivity contribution is 5.89. The molecule has 0 aliphatic carbocycles. The average molecular weight is 367 g/mol. The Labute approximate surface area is 157 Å². The topological polar surface area (TPSA) is 87.1 Å². The molecular weight excluding hydrogens is 342 g/mol. The molecule has 27 heavy (non-hydrogen) atoms. The third-order valence-corrected chi connectivity index (χ3v) is 4.83. The number of aromatic amines is 1. The first-order chi connectivity index (χ1) is 13.1. The first-order valence-electron chi connectivity index (χ1n) is 9.41. The second kappa shape index (κ2) is 7.80. The van der Waals surface area contributed by atoms with Crippen molar-refractivity contribution < 1.29 is 9.90 Å². The number of fused-ring (bicyclic) bond motifs is 3. The fraction of sp³-hybridized carbons (Fsp3) is 0.333. The molecule has 0 saturated carbocycles. The number of aromatic nitrogens is 2. The molecule has 4 rings (SSSR count). The summed E-state index contributed by atoms with van der Waals surface area (Å²) in [6, 6.07) is 9.77. The number of nitrogens with one attached hydrogen (secondary N) is 2. The molecule has 1 aromatic carbocycles. The molecule has 0 amide bonds. The summed E-state index contributed by atoms with van der Waals surface area (Å²) in [6.07, 6.45) is 0.639. The number of aromatic carboxylic acids is 1. The van der Waals surface area contributed by atoms with E-state index in [9.17, 15) is 9.59 Å². The van der Waals surface area contributed by atoms with Crippen LogP contribution in [0.25, 0.3) is 22.2 Å². The Morgan fingerprint density at radius 2 is 2.00 bits per heavy atom. The summed E-state index contributed by atoms with van der Waals surface area (Å²) in [6.45, 7) is 8.71. The molecular formula is C21H25N3O3. The van der Waals surface area contributed by atoms with E-state index in [2.05, 4.69) is 33.1 Å². The van der Waals surface area contributed by atoms with Gasteiger partial charge in [0.05, 0.1) is 5.69 Å². The van der Waals surface area contributed by atoms with Gasteiger partial charge in [0.25, 0.3) is 5.56 Å². The van der Waals surface area contributed by atoms with Gasteiger partial charge in [-0.1, -0.05) is 26.8 Å². The minimum atomic E-state index is -1.20. The fourth-order valence-electron chi connectivity index (χ4n) is 3.57. The molecule has 0 fully saturated rings. The van der Waals surface area contributed by atoms with E-state index in [4.69, 9.17) is 5.11 Å². The summed E-state index contributed by atoms with van der Waals surface area (Å²) in [7, 11) is 0. The minimum Gasteiger partial charge on any atom is -0.477 e. The number of carboxylic acids is 1. The predicted molar refractivity (Wildman–Crippen MR) is 107 cm³/mol. The number of nitrogens with zero attached hydrogens (tertiary/aromatic N) is 1. The van der Waals surface area contributed by atoms with Gasteiger partial charge in [-0.3, -0.25) is 4.79 Å². The maximum atomic E-state index is 12.1. The first kappa shape index (κ1) is 18.9. The van der Waals surface area contributed by atoms with E-state index >= 15 is 0 Å². The molecule has 1 aliphatic rings. The Morgan fingerprint density at radius 1 is 1.22 bits per heavy atom. The van der Waals surface area contributed by atoms with Gasteiger partial charge in [-0.05, 0) is 41.8 Å². The minimum absolute atomic E-state index is 0.216. The maximum absolute atomic E-state index is 12.1. The Bertz CT molecular complexity index is 1050. The first-order valence-corrected chi connectivity index (χ1v) is 9.41. The maximum Gasteiger partial charge on any atom is 0.341 e. The Morgan fingerprint density at radius 3 is 2.70 bits per heavy atom. The Balaban J connectivity index is 0.00000102. The zero-order chi connectivity index (χ0) is 19.6. The van der Waals surface area contributed by atoms with Crippen LogP contribution in [0, 0.1) is 0 Å². The summed E-state index contributed by atoms with van der Waals surface area (Å²) in [5.74, 6) is -1.20. The largest absolute Gasteiger partial charge is 0.477 e. The zero-order valence-corrected chi connectivity index (χ0v) is 15.9. The van der Waals surface area contributed by atoms with E-state index in [-0.39, 0.29) is 5.56 Å². The van der Waals surface area contributed by atoms with Crippen molar-refractivity contribution in [3.63, 3.8) is 0 Å². The van der Waals surface area contributed by atoms with Gasteiger partial charge >= 0.3 is 5.97 Å². The molecule has 0 radical (unpaired) electrons. The van der Waals surface area contributed by atoms with E-state index in [1.165, 1.54) is 17.3 Å². The number of H-pyrrole nitrogens is 1. The highest BCUT2D eigenvalue weighted by Crippen LogP contribution is 2.28. The summed E-state index contributed by atoms with van der Waals surface area (Å²) in [4.78, 5) is 26.1. The van der Waals surface area contributed by atoms with E-state index in [0.717, 1.165) is 36.1 Å². The lowest BCUT2D eigenvalue weighted by molar-refractivity contribution is 0.0695. The van der Waals surface area contributed by atoms with E-state index in [0.29, 0.717) is 12.1 Å². The van der Waals surface area contributed by atoms with Crippen LogP contribution >= 0.6 is 0 Å². The second-order valence-electron chi connectivity index (χ2n) is 6.31. The van der Waals surface area contributed by atoms with Crippen molar-refractivity contribution in [3.05, 3.63) is 57.5 Å². The summed E-state index contributed by atoms with van der Waals surface area (Å²) >= 11 is 0. The SMILES string of the molecule is CC.CCc1cc(C(=O)O)c(=O)[nH]c1-c1ccc2c(c1)cc1n2CCNC1. The van der Waals surface area contributed by atoms with Gasteiger partial charge in [0.1, 0.15) is 5.56 Å². The molecule has 0 atom stereocenters. The smallest absolute Gasteiger partial charge is 0.341 e. The molecule has 0 bridgehead atoms. The summed E-state index contributed by atoms with van der Waals surface area (Å²) in [5.41, 5.74) is 4.07. The summed E-state index contributed by atoms with van der Waals surface area (Å²) in [5, 5.41) is 13.6. The number of rotatable bonds is 3. The lowest BCUT2D eigenvalue weighted by atomic mass is 10.0. The second-order valence-corrected chi connectivity index (χ2v) is 6.31. The quantitative estimate of drug-likeness (QED) is 0.662. The van der Waals surface area contributed by atoms with Crippen molar-refractivity contribution in [2.75, 3.05) is 6.54 Å². The molecule has 2 aromatic heterocycles. The van der Waals surface area contributed by atoms with Gasteiger partial charge in [-0.15, -0.1) is 0 Å². The van der Waals surface area contributed by atoms with E-state index in [1.54, 1.807) is 0 Å². The van der Waals surface area contributed by atoms with Gasteiger partial charge in [0.2, 0.25) is 0 Å². The van der Waals surface area contributed by atoms with Gasteiger partial charge < -0.3 is 20.0 Å². The lowest BCUT2D eigenvalue weighted by Gasteiger charge is -2.17. The molecule has 3 heterocycles. The van der Waals surface area contributed by atoms with Crippen LogP contribution in [0.1, 0.15) is 42.4 Å². The van der Waals surface area contributed by atoms with Crippen LogP contribution in [0.15, 0.2) is 35.1 Å². The standard InChI is InChI=1S/C19H19N3O3.C2H6/c1-2-11-9-15(19(24)25)18(23)21-17(11)12-3-4-16-13(7-12)8-14-10-20-5-6-22(14)16;1-2/h3-4,7-9,20H,2,5-6,10H2,1H3,(H,21,23)(H,24,25);1-2H3. The van der Waals surface area contributed by atoms with Gasteiger partial charge in [0.15, 0.2) is 0 Å². The van der Waals surface area contributed by atoms with Gasteiger partial charge in [-0.2, -0.15) is 0 Å². The predicted octanol–water partition coefficient (Wildman–Crippen LogP) is 3.39. The Hall–Kier alpha value is -2.86. The van der Waals surface area contributed by atoms with Crippen LogP contribution in [0.4, 0.5) is 0 Å². The van der Waals surface area contributed by atoms with Crippen LogP contribution in [0.5, 0.6) is 0 Å². The van der Waals surface area contributed by atoms with Crippen molar-refractivity contribution in [1.29, 1.82) is 0 Å². The average Bonchev–Trinajstić information content (AvgIpc) is 3.06. The Kier molecular flexibility index (Phi) is 5.46. The van der Waals surface area contributed by atoms with E-state index in [1.807, 2.05) is 26.8 Å². The molecule has 6 nitrogen and oxygen atoms in total. The van der Waals surface area contributed by atoms with Crippen molar-refractivity contribution in [3.8, 4) is 11.3 Å². The molecule has 3 N–H and O–H groups in total. The van der Waals surface area contributed by atoms with Crippen LogP contribution in [0.3, 0.4) is 0 Å². The number of aryl methyl sites for hydroxylation is 1. The van der Waals surface area contributed by atoms with Crippen LogP contribution in [0.2, 0.25) is 0 Å². The normalized spacial score (nSPS) is 13.0. The number of pyridine rings is 1. The van der Waals surface area contributed by atoms with Crippen LogP contribution < -0.4 is 10.9 Å². The fourth-order valence-corrected chi connectivity index (χ4v) is 3.57. The number of carboxylic acid groups (broad SMARTS) is 1. The zero-order valence-electron chi connectivity index (χ0n) is 15.9. The van der Waals surface area contributed by atoms with Crippen LogP contribution in [-0.4, -0.2) is 27.2 Å². The molecule has 1 aliphatic heterocycles. The van der Waals surface area contributed by atoms with E-state index < -0.39 is 11.5 Å².